The van der Waals surface area contributed by atoms with Crippen LogP contribution in [0.15, 0.2) is 29.0 Å². The molecule has 7 nitrogen and oxygen atoms in total. The van der Waals surface area contributed by atoms with Crippen LogP contribution in [0.25, 0.3) is 0 Å². The van der Waals surface area contributed by atoms with Crippen molar-refractivity contribution in [3.05, 3.63) is 41.8 Å². The smallest absolute Gasteiger partial charge is 0.227 e. The summed E-state index contributed by atoms with van der Waals surface area (Å²) in [5.41, 5.74) is 1.21. The Balaban J connectivity index is 1.42. The molecule has 7 heteroatoms. The molecule has 1 aliphatic rings. The average Bonchev–Trinajstić information content (AvgIpc) is 3.11. The zero-order chi connectivity index (χ0) is 17.6. The number of rotatable bonds is 6. The molecule has 1 aliphatic heterocycles. The third-order valence-electron chi connectivity index (χ3n) is 4.41. The standard InChI is InChI=1S/C18H25N5O2/c1-14(2)18-20-16(25-21-18)5-6-17(24)23-10-8-22(9-11-23)13-15-4-3-7-19-12-15/h3-4,7,12,14H,5-6,8-11,13H2,1-2H3. The Morgan fingerprint density at radius 1 is 1.28 bits per heavy atom. The van der Waals surface area contributed by atoms with Gasteiger partial charge in [-0.1, -0.05) is 25.1 Å². The van der Waals surface area contributed by atoms with Crippen LogP contribution in [0.1, 0.15) is 43.5 Å². The Morgan fingerprint density at radius 3 is 2.72 bits per heavy atom. The summed E-state index contributed by atoms with van der Waals surface area (Å²) in [7, 11) is 0. The van der Waals surface area contributed by atoms with Crippen molar-refractivity contribution in [2.24, 2.45) is 0 Å². The van der Waals surface area contributed by atoms with Gasteiger partial charge in [-0.25, -0.2) is 0 Å². The fourth-order valence-corrected chi connectivity index (χ4v) is 2.88. The largest absolute Gasteiger partial charge is 0.340 e. The Morgan fingerprint density at radius 2 is 2.08 bits per heavy atom. The van der Waals surface area contributed by atoms with Crippen LogP contribution in [0.5, 0.6) is 0 Å². The van der Waals surface area contributed by atoms with E-state index >= 15 is 0 Å². The van der Waals surface area contributed by atoms with Gasteiger partial charge < -0.3 is 9.42 Å². The van der Waals surface area contributed by atoms with Gasteiger partial charge in [0.25, 0.3) is 0 Å². The number of aryl methyl sites for hydroxylation is 1. The zero-order valence-electron chi connectivity index (χ0n) is 14.9. The van der Waals surface area contributed by atoms with E-state index in [4.69, 9.17) is 4.52 Å². The summed E-state index contributed by atoms with van der Waals surface area (Å²) >= 11 is 0. The summed E-state index contributed by atoms with van der Waals surface area (Å²) < 4.78 is 5.20. The summed E-state index contributed by atoms with van der Waals surface area (Å²) in [5.74, 6) is 1.64. The first-order chi connectivity index (χ1) is 12.1. The number of amides is 1. The van der Waals surface area contributed by atoms with Crippen LogP contribution >= 0.6 is 0 Å². The van der Waals surface area contributed by atoms with Crippen molar-refractivity contribution in [1.82, 2.24) is 24.9 Å². The van der Waals surface area contributed by atoms with Gasteiger partial charge >= 0.3 is 0 Å². The first-order valence-corrected chi connectivity index (χ1v) is 8.83. The Kier molecular flexibility index (Phi) is 5.75. The molecule has 1 fully saturated rings. The van der Waals surface area contributed by atoms with E-state index in [1.165, 1.54) is 5.56 Å². The second kappa shape index (κ2) is 8.20. The van der Waals surface area contributed by atoms with Gasteiger partial charge in [0.05, 0.1) is 0 Å². The van der Waals surface area contributed by atoms with Crippen LogP contribution in [0.3, 0.4) is 0 Å². The number of aromatic nitrogens is 3. The van der Waals surface area contributed by atoms with Crippen molar-refractivity contribution >= 4 is 5.91 Å². The highest BCUT2D eigenvalue weighted by Gasteiger charge is 2.21. The number of carbonyl (C=O) groups excluding carboxylic acids is 1. The Hall–Kier alpha value is -2.28. The second-order valence-electron chi connectivity index (χ2n) is 6.72. The van der Waals surface area contributed by atoms with E-state index in [-0.39, 0.29) is 11.8 Å². The molecule has 3 heterocycles. The lowest BCUT2D eigenvalue weighted by Gasteiger charge is -2.34. The van der Waals surface area contributed by atoms with Crippen LogP contribution in [0.4, 0.5) is 0 Å². The predicted octanol–water partition coefficient (Wildman–Crippen LogP) is 1.87. The van der Waals surface area contributed by atoms with Crippen LogP contribution < -0.4 is 0 Å². The number of nitrogens with zero attached hydrogens (tertiary/aromatic N) is 5. The third-order valence-corrected chi connectivity index (χ3v) is 4.41. The molecule has 0 radical (unpaired) electrons. The minimum Gasteiger partial charge on any atom is -0.340 e. The minimum absolute atomic E-state index is 0.158. The molecule has 0 aliphatic carbocycles. The summed E-state index contributed by atoms with van der Waals surface area (Å²) in [5, 5.41) is 3.93. The molecule has 25 heavy (non-hydrogen) atoms. The highest BCUT2D eigenvalue weighted by atomic mass is 16.5. The molecule has 0 N–H and O–H groups in total. The fourth-order valence-electron chi connectivity index (χ4n) is 2.88. The molecule has 0 spiro atoms. The number of carbonyl (C=O) groups is 1. The van der Waals surface area contributed by atoms with Crippen molar-refractivity contribution < 1.29 is 9.32 Å². The zero-order valence-corrected chi connectivity index (χ0v) is 14.9. The third kappa shape index (κ3) is 4.85. The van der Waals surface area contributed by atoms with Crippen molar-refractivity contribution in [1.29, 1.82) is 0 Å². The van der Waals surface area contributed by atoms with Gasteiger partial charge in [-0.15, -0.1) is 0 Å². The van der Waals surface area contributed by atoms with E-state index in [9.17, 15) is 4.79 Å². The Labute approximate surface area is 148 Å². The normalized spacial score (nSPS) is 15.7. The van der Waals surface area contributed by atoms with E-state index in [0.717, 1.165) is 32.7 Å². The van der Waals surface area contributed by atoms with E-state index in [2.05, 4.69) is 26.1 Å². The lowest BCUT2D eigenvalue weighted by molar-refractivity contribution is -0.133. The maximum Gasteiger partial charge on any atom is 0.227 e. The molecule has 0 aromatic carbocycles. The molecular formula is C18H25N5O2. The first-order valence-electron chi connectivity index (χ1n) is 8.83. The SMILES string of the molecule is CC(C)c1noc(CCC(=O)N2CCN(Cc3cccnc3)CC2)n1. The molecule has 3 rings (SSSR count). The molecule has 1 amide bonds. The lowest BCUT2D eigenvalue weighted by atomic mass is 10.2. The molecule has 134 valence electrons. The van der Waals surface area contributed by atoms with E-state index < -0.39 is 0 Å². The molecule has 0 saturated carbocycles. The summed E-state index contributed by atoms with van der Waals surface area (Å²) in [6, 6.07) is 4.04. The molecule has 0 unspecified atom stereocenters. The van der Waals surface area contributed by atoms with Gasteiger partial charge in [0.1, 0.15) is 0 Å². The van der Waals surface area contributed by atoms with Gasteiger partial charge in [-0.05, 0) is 11.6 Å². The molecular weight excluding hydrogens is 318 g/mol. The minimum atomic E-state index is 0.158. The number of pyridine rings is 1. The average molecular weight is 343 g/mol. The predicted molar refractivity (Wildman–Crippen MR) is 92.8 cm³/mol. The summed E-state index contributed by atoms with van der Waals surface area (Å²) in [4.78, 5) is 25.1. The molecule has 2 aromatic rings. The lowest BCUT2D eigenvalue weighted by Crippen LogP contribution is -2.48. The molecule has 0 atom stereocenters. The maximum atomic E-state index is 12.4. The highest BCUT2D eigenvalue weighted by Crippen LogP contribution is 2.12. The monoisotopic (exact) mass is 343 g/mol. The van der Waals surface area contributed by atoms with Gasteiger partial charge in [-0.3, -0.25) is 14.7 Å². The topological polar surface area (TPSA) is 75.4 Å². The molecule has 0 bridgehead atoms. The maximum absolute atomic E-state index is 12.4. The highest BCUT2D eigenvalue weighted by molar-refractivity contribution is 5.76. The van der Waals surface area contributed by atoms with E-state index in [0.29, 0.717) is 24.6 Å². The molecule has 2 aromatic heterocycles. The van der Waals surface area contributed by atoms with Gasteiger partial charge in [0.2, 0.25) is 11.8 Å². The van der Waals surface area contributed by atoms with E-state index in [1.54, 1.807) is 6.20 Å². The number of hydrogen-bond acceptors (Lipinski definition) is 6. The van der Waals surface area contributed by atoms with Crippen LogP contribution in [-0.2, 0) is 17.8 Å². The number of hydrogen-bond donors (Lipinski definition) is 0. The van der Waals surface area contributed by atoms with Crippen molar-refractivity contribution in [2.75, 3.05) is 26.2 Å². The second-order valence-corrected chi connectivity index (χ2v) is 6.72. The Bertz CT molecular complexity index is 678. The van der Waals surface area contributed by atoms with Crippen molar-refractivity contribution in [3.63, 3.8) is 0 Å². The van der Waals surface area contributed by atoms with Crippen molar-refractivity contribution in [3.8, 4) is 0 Å². The van der Waals surface area contributed by atoms with Crippen LogP contribution in [-0.4, -0.2) is 57.0 Å². The quantitative estimate of drug-likeness (QED) is 0.797. The molecule has 1 saturated heterocycles. The van der Waals surface area contributed by atoms with Gasteiger partial charge in [0.15, 0.2) is 5.82 Å². The van der Waals surface area contributed by atoms with Crippen LogP contribution in [0.2, 0.25) is 0 Å². The summed E-state index contributed by atoms with van der Waals surface area (Å²) in [6.07, 6.45) is 4.61. The van der Waals surface area contributed by atoms with Crippen molar-refractivity contribution in [2.45, 2.75) is 39.2 Å². The van der Waals surface area contributed by atoms with Gasteiger partial charge in [-0.2, -0.15) is 4.98 Å². The first kappa shape index (κ1) is 17.5. The summed E-state index contributed by atoms with van der Waals surface area (Å²) in [6.45, 7) is 8.23. The van der Waals surface area contributed by atoms with E-state index in [1.807, 2.05) is 31.0 Å². The van der Waals surface area contributed by atoms with Crippen LogP contribution in [0, 0.1) is 0 Å². The fraction of sp³-hybridized carbons (Fsp3) is 0.556. The number of piperazine rings is 1. The van der Waals surface area contributed by atoms with Gasteiger partial charge in [0, 0.05) is 63.9 Å².